The zero-order valence-corrected chi connectivity index (χ0v) is 16.4. The molecule has 1 aliphatic rings. The van der Waals surface area contributed by atoms with E-state index in [9.17, 15) is 13.2 Å². The second-order valence-electron chi connectivity index (χ2n) is 6.66. The van der Waals surface area contributed by atoms with Crippen LogP contribution in [-0.4, -0.2) is 48.5 Å². The quantitative estimate of drug-likeness (QED) is 0.812. The van der Waals surface area contributed by atoms with Crippen LogP contribution in [0.5, 0.6) is 0 Å². The third kappa shape index (κ3) is 5.15. The largest absolute Gasteiger partial charge is 0.444 e. The van der Waals surface area contributed by atoms with Crippen molar-refractivity contribution in [2.24, 2.45) is 0 Å². The van der Waals surface area contributed by atoms with Crippen molar-refractivity contribution < 1.29 is 17.9 Å². The molecule has 0 atom stereocenters. The van der Waals surface area contributed by atoms with Gasteiger partial charge >= 0.3 is 6.09 Å². The molecule has 1 amide bonds. The van der Waals surface area contributed by atoms with Crippen molar-refractivity contribution in [2.45, 2.75) is 50.2 Å². The van der Waals surface area contributed by atoms with Gasteiger partial charge in [0.1, 0.15) is 10.5 Å². The second kappa shape index (κ2) is 7.37. The van der Waals surface area contributed by atoms with Gasteiger partial charge in [-0.05, 0) is 55.6 Å². The van der Waals surface area contributed by atoms with Crippen LogP contribution in [0.2, 0.25) is 0 Å². The Morgan fingerprint density at radius 3 is 2.50 bits per heavy atom. The summed E-state index contributed by atoms with van der Waals surface area (Å²) in [6.45, 7) is 6.08. The topological polar surface area (TPSA) is 88.6 Å². The number of carbonyl (C=O) groups excluding carboxylic acids is 1. The van der Waals surface area contributed by atoms with E-state index in [2.05, 4.69) is 26.2 Å². The Bertz CT molecular complexity index is 695. The molecule has 0 saturated carbocycles. The van der Waals surface area contributed by atoms with E-state index in [-0.39, 0.29) is 10.9 Å². The molecule has 1 fully saturated rings. The Labute approximate surface area is 151 Å². The number of amides is 1. The molecule has 0 aliphatic carbocycles. The third-order valence-corrected chi connectivity index (χ3v) is 5.79. The number of alkyl carbamates (subject to hydrolysis) is 1. The van der Waals surface area contributed by atoms with Crippen molar-refractivity contribution in [2.75, 3.05) is 13.1 Å². The number of pyridine rings is 1. The molecule has 1 saturated heterocycles. The lowest BCUT2D eigenvalue weighted by Crippen LogP contribution is -2.47. The summed E-state index contributed by atoms with van der Waals surface area (Å²) < 4.78 is 32.5. The Kier molecular flexibility index (Phi) is 5.87. The van der Waals surface area contributed by atoms with Crippen LogP contribution in [0.25, 0.3) is 0 Å². The first-order valence-electron chi connectivity index (χ1n) is 7.68. The number of hydrogen-bond donors (Lipinski definition) is 1. The number of piperidine rings is 1. The lowest BCUT2D eigenvalue weighted by molar-refractivity contribution is 0.0489. The second-order valence-corrected chi connectivity index (χ2v) is 9.52. The molecular formula is C15H22BrN3O4S. The maximum Gasteiger partial charge on any atom is 0.407 e. The maximum absolute atomic E-state index is 12.6. The van der Waals surface area contributed by atoms with Gasteiger partial charge in [0.2, 0.25) is 10.0 Å². The van der Waals surface area contributed by atoms with E-state index in [1.807, 2.05) is 0 Å². The van der Waals surface area contributed by atoms with Crippen LogP contribution in [0.3, 0.4) is 0 Å². The minimum atomic E-state index is -3.57. The van der Waals surface area contributed by atoms with Crippen molar-refractivity contribution in [3.05, 3.63) is 22.9 Å². The van der Waals surface area contributed by atoms with Gasteiger partial charge < -0.3 is 10.1 Å². The molecule has 1 aliphatic heterocycles. The van der Waals surface area contributed by atoms with E-state index in [4.69, 9.17) is 4.74 Å². The van der Waals surface area contributed by atoms with Crippen LogP contribution in [-0.2, 0) is 14.8 Å². The zero-order valence-electron chi connectivity index (χ0n) is 14.0. The highest BCUT2D eigenvalue weighted by Crippen LogP contribution is 2.22. The summed E-state index contributed by atoms with van der Waals surface area (Å²) in [6, 6.07) is 1.44. The Balaban J connectivity index is 1.94. The van der Waals surface area contributed by atoms with Crippen molar-refractivity contribution >= 4 is 32.0 Å². The van der Waals surface area contributed by atoms with Crippen molar-refractivity contribution in [3.8, 4) is 0 Å². The first kappa shape index (κ1) is 19.1. The molecule has 0 aromatic carbocycles. The SMILES string of the molecule is CC(C)(C)OC(=O)NC1CCN(S(=O)(=O)c2cncc(Br)c2)CC1. The normalized spacial score (nSPS) is 17.5. The number of aromatic nitrogens is 1. The highest BCUT2D eigenvalue weighted by molar-refractivity contribution is 9.10. The number of halogens is 1. The summed E-state index contributed by atoms with van der Waals surface area (Å²) in [5, 5.41) is 2.79. The molecule has 0 spiro atoms. The summed E-state index contributed by atoms with van der Waals surface area (Å²) in [5.74, 6) is 0. The summed E-state index contributed by atoms with van der Waals surface area (Å²) in [7, 11) is -3.57. The zero-order chi connectivity index (χ0) is 18.0. The molecule has 1 aromatic heterocycles. The maximum atomic E-state index is 12.6. The van der Waals surface area contributed by atoms with Crippen LogP contribution >= 0.6 is 15.9 Å². The number of carbonyl (C=O) groups is 1. The summed E-state index contributed by atoms with van der Waals surface area (Å²) in [4.78, 5) is 15.9. The number of nitrogens with zero attached hydrogens (tertiary/aromatic N) is 2. The summed E-state index contributed by atoms with van der Waals surface area (Å²) in [5.41, 5.74) is -0.554. The fourth-order valence-electron chi connectivity index (χ4n) is 2.40. The molecule has 0 radical (unpaired) electrons. The van der Waals surface area contributed by atoms with Gasteiger partial charge in [-0.3, -0.25) is 4.98 Å². The highest BCUT2D eigenvalue weighted by Gasteiger charge is 2.31. The number of rotatable bonds is 3. The lowest BCUT2D eigenvalue weighted by atomic mass is 10.1. The van der Waals surface area contributed by atoms with Crippen LogP contribution < -0.4 is 5.32 Å². The van der Waals surface area contributed by atoms with Crippen LogP contribution in [0.1, 0.15) is 33.6 Å². The summed E-state index contributed by atoms with van der Waals surface area (Å²) >= 11 is 3.23. The predicted octanol–water partition coefficient (Wildman–Crippen LogP) is 2.52. The minimum absolute atomic E-state index is 0.0908. The van der Waals surface area contributed by atoms with Gasteiger partial charge in [0, 0.05) is 36.0 Å². The van der Waals surface area contributed by atoms with Gasteiger partial charge in [0.15, 0.2) is 0 Å². The van der Waals surface area contributed by atoms with Crippen LogP contribution in [0.15, 0.2) is 27.8 Å². The van der Waals surface area contributed by atoms with Gasteiger partial charge in [0.25, 0.3) is 0 Å². The molecule has 7 nitrogen and oxygen atoms in total. The van der Waals surface area contributed by atoms with Gasteiger partial charge in [-0.15, -0.1) is 0 Å². The van der Waals surface area contributed by atoms with Crippen molar-refractivity contribution in [1.82, 2.24) is 14.6 Å². The number of hydrogen-bond acceptors (Lipinski definition) is 5. The minimum Gasteiger partial charge on any atom is -0.444 e. The third-order valence-electron chi connectivity index (χ3n) is 3.49. The van der Waals surface area contributed by atoms with E-state index in [0.717, 1.165) is 0 Å². The summed E-state index contributed by atoms with van der Waals surface area (Å²) in [6.07, 6.45) is 3.49. The number of sulfonamides is 1. The standard InChI is InChI=1S/C15H22BrN3O4S/c1-15(2,3)23-14(20)18-12-4-6-19(7-5-12)24(21,22)13-8-11(16)9-17-10-13/h8-10,12H,4-7H2,1-3H3,(H,18,20). The van der Waals surface area contributed by atoms with E-state index >= 15 is 0 Å². The fraction of sp³-hybridized carbons (Fsp3) is 0.600. The Morgan fingerprint density at radius 1 is 1.33 bits per heavy atom. The van der Waals surface area contributed by atoms with E-state index in [1.165, 1.54) is 22.8 Å². The molecule has 9 heteroatoms. The van der Waals surface area contributed by atoms with E-state index < -0.39 is 21.7 Å². The van der Waals surface area contributed by atoms with Gasteiger partial charge in [-0.2, -0.15) is 4.31 Å². The molecule has 1 aromatic rings. The molecule has 134 valence electrons. The average molecular weight is 420 g/mol. The van der Waals surface area contributed by atoms with Gasteiger partial charge in [0.05, 0.1) is 0 Å². The van der Waals surface area contributed by atoms with Gasteiger partial charge in [-0.25, -0.2) is 13.2 Å². The Hall–Kier alpha value is -1.19. The molecule has 0 unspecified atom stereocenters. The lowest BCUT2D eigenvalue weighted by Gasteiger charge is -2.32. The Morgan fingerprint density at radius 2 is 1.96 bits per heavy atom. The van der Waals surface area contributed by atoms with Crippen molar-refractivity contribution in [1.29, 1.82) is 0 Å². The molecular weight excluding hydrogens is 398 g/mol. The predicted molar refractivity (Wildman–Crippen MR) is 93.1 cm³/mol. The first-order chi connectivity index (χ1) is 11.1. The van der Waals surface area contributed by atoms with Crippen LogP contribution in [0, 0.1) is 0 Å². The first-order valence-corrected chi connectivity index (χ1v) is 9.91. The molecule has 2 heterocycles. The molecule has 0 bridgehead atoms. The molecule has 24 heavy (non-hydrogen) atoms. The monoisotopic (exact) mass is 419 g/mol. The molecule has 1 N–H and O–H groups in total. The van der Waals surface area contributed by atoms with Gasteiger partial charge in [-0.1, -0.05) is 0 Å². The smallest absolute Gasteiger partial charge is 0.407 e. The van der Waals surface area contributed by atoms with E-state index in [0.29, 0.717) is 30.4 Å². The fourth-order valence-corrected chi connectivity index (χ4v) is 4.37. The molecule has 2 rings (SSSR count). The average Bonchev–Trinajstić information content (AvgIpc) is 2.45. The number of ether oxygens (including phenoxy) is 1. The van der Waals surface area contributed by atoms with Crippen molar-refractivity contribution in [3.63, 3.8) is 0 Å². The van der Waals surface area contributed by atoms with Crippen LogP contribution in [0.4, 0.5) is 4.79 Å². The van der Waals surface area contributed by atoms with E-state index in [1.54, 1.807) is 20.8 Å². The number of nitrogens with one attached hydrogen (secondary N) is 1. The highest BCUT2D eigenvalue weighted by atomic mass is 79.9.